The number of hydrogen-bond acceptors (Lipinski definition) is 4. The summed E-state index contributed by atoms with van der Waals surface area (Å²) in [4.78, 5) is 2.41. The SMILES string of the molecule is CCCn1cc(C(NN)C(C)(C)N(CC)CC)cn1. The van der Waals surface area contributed by atoms with Gasteiger partial charge in [0.15, 0.2) is 0 Å². The Kier molecular flexibility index (Phi) is 5.97. The van der Waals surface area contributed by atoms with E-state index in [1.54, 1.807) is 0 Å². The lowest BCUT2D eigenvalue weighted by atomic mass is 9.88. The number of rotatable bonds is 8. The third-order valence-corrected chi connectivity index (χ3v) is 3.89. The minimum atomic E-state index is -0.0572. The fraction of sp³-hybridized carbons (Fsp3) is 0.786. The zero-order chi connectivity index (χ0) is 14.5. The number of likely N-dealkylation sites (N-methyl/N-ethyl adjacent to an activating group) is 1. The average molecular weight is 267 g/mol. The lowest BCUT2D eigenvalue weighted by molar-refractivity contribution is 0.0912. The molecule has 0 aliphatic rings. The molecule has 3 N–H and O–H groups in total. The second-order valence-electron chi connectivity index (χ2n) is 5.46. The molecule has 0 saturated carbocycles. The highest BCUT2D eigenvalue weighted by Gasteiger charge is 2.35. The van der Waals surface area contributed by atoms with Crippen LogP contribution in [0.1, 0.15) is 52.6 Å². The monoisotopic (exact) mass is 267 g/mol. The summed E-state index contributed by atoms with van der Waals surface area (Å²) < 4.78 is 1.98. The molecule has 1 atom stereocenters. The van der Waals surface area contributed by atoms with Gasteiger partial charge in [-0.1, -0.05) is 20.8 Å². The molecule has 1 unspecified atom stereocenters. The van der Waals surface area contributed by atoms with Crippen molar-refractivity contribution in [2.24, 2.45) is 5.84 Å². The Balaban J connectivity index is 2.97. The number of aryl methyl sites for hydroxylation is 1. The van der Waals surface area contributed by atoms with Crippen LogP contribution in [0.4, 0.5) is 0 Å². The Morgan fingerprint density at radius 3 is 2.47 bits per heavy atom. The number of hydrogen-bond donors (Lipinski definition) is 2. The number of aromatic nitrogens is 2. The quantitative estimate of drug-likeness (QED) is 0.558. The molecule has 0 radical (unpaired) electrons. The summed E-state index contributed by atoms with van der Waals surface area (Å²) in [6, 6.07) is 0.0676. The van der Waals surface area contributed by atoms with Gasteiger partial charge < -0.3 is 0 Å². The second-order valence-corrected chi connectivity index (χ2v) is 5.46. The van der Waals surface area contributed by atoms with Gasteiger partial charge in [0.1, 0.15) is 0 Å². The van der Waals surface area contributed by atoms with Crippen molar-refractivity contribution >= 4 is 0 Å². The van der Waals surface area contributed by atoms with Gasteiger partial charge in [0.05, 0.1) is 12.2 Å². The van der Waals surface area contributed by atoms with Gasteiger partial charge in [0, 0.05) is 23.8 Å². The summed E-state index contributed by atoms with van der Waals surface area (Å²) in [6.07, 6.45) is 5.10. The van der Waals surface area contributed by atoms with Crippen LogP contribution in [0.25, 0.3) is 0 Å². The first-order valence-electron chi connectivity index (χ1n) is 7.24. The maximum Gasteiger partial charge on any atom is 0.0669 e. The summed E-state index contributed by atoms with van der Waals surface area (Å²) >= 11 is 0. The Hall–Kier alpha value is -0.910. The third-order valence-electron chi connectivity index (χ3n) is 3.89. The molecule has 5 nitrogen and oxygen atoms in total. The Bertz CT molecular complexity index is 368. The fourth-order valence-electron chi connectivity index (χ4n) is 2.81. The molecule has 5 heteroatoms. The van der Waals surface area contributed by atoms with E-state index in [9.17, 15) is 0 Å². The predicted molar refractivity (Wildman–Crippen MR) is 79.6 cm³/mol. The molecule has 0 amide bonds. The van der Waals surface area contributed by atoms with E-state index in [-0.39, 0.29) is 11.6 Å². The van der Waals surface area contributed by atoms with Gasteiger partial charge >= 0.3 is 0 Å². The summed E-state index contributed by atoms with van der Waals surface area (Å²) in [5.74, 6) is 5.81. The number of hydrazine groups is 1. The summed E-state index contributed by atoms with van der Waals surface area (Å²) in [7, 11) is 0. The van der Waals surface area contributed by atoms with Crippen LogP contribution in [0.15, 0.2) is 12.4 Å². The topological polar surface area (TPSA) is 59.1 Å². The van der Waals surface area contributed by atoms with Crippen LogP contribution in [0.5, 0.6) is 0 Å². The van der Waals surface area contributed by atoms with E-state index < -0.39 is 0 Å². The van der Waals surface area contributed by atoms with Crippen molar-refractivity contribution in [3.05, 3.63) is 18.0 Å². The number of nitrogens with two attached hydrogens (primary N) is 1. The van der Waals surface area contributed by atoms with E-state index in [1.165, 1.54) is 0 Å². The molecule has 0 spiro atoms. The molecule has 1 heterocycles. The van der Waals surface area contributed by atoms with Gasteiger partial charge in [0.25, 0.3) is 0 Å². The van der Waals surface area contributed by atoms with Gasteiger partial charge in [-0.05, 0) is 33.4 Å². The van der Waals surface area contributed by atoms with Crippen molar-refractivity contribution in [2.45, 2.75) is 59.2 Å². The summed E-state index contributed by atoms with van der Waals surface area (Å²) in [5.41, 5.74) is 4.06. The molecule has 1 aromatic rings. The van der Waals surface area contributed by atoms with E-state index in [1.807, 2.05) is 10.9 Å². The molecular weight excluding hydrogens is 238 g/mol. The Morgan fingerprint density at radius 1 is 1.37 bits per heavy atom. The fourth-order valence-corrected chi connectivity index (χ4v) is 2.81. The largest absolute Gasteiger partial charge is 0.297 e. The smallest absolute Gasteiger partial charge is 0.0669 e. The standard InChI is InChI=1S/C14H29N5/c1-6-9-19-11-12(10-16-19)13(17-15)14(4,5)18(7-2)8-3/h10-11,13,17H,6-9,15H2,1-5H3. The van der Waals surface area contributed by atoms with Gasteiger partial charge in [-0.15, -0.1) is 0 Å². The van der Waals surface area contributed by atoms with Crippen molar-refractivity contribution in [2.75, 3.05) is 13.1 Å². The Labute approximate surface area is 117 Å². The maximum atomic E-state index is 5.81. The molecular formula is C14H29N5. The number of nitrogens with one attached hydrogen (secondary N) is 1. The lowest BCUT2D eigenvalue weighted by Crippen LogP contribution is -2.54. The average Bonchev–Trinajstić information content (AvgIpc) is 2.79. The second kappa shape index (κ2) is 7.03. The van der Waals surface area contributed by atoms with Crippen molar-refractivity contribution in [1.82, 2.24) is 20.1 Å². The van der Waals surface area contributed by atoms with Crippen LogP contribution in [0, 0.1) is 0 Å². The Morgan fingerprint density at radius 2 is 2.00 bits per heavy atom. The van der Waals surface area contributed by atoms with Crippen molar-refractivity contribution in [1.29, 1.82) is 0 Å². The normalized spacial score (nSPS) is 14.1. The van der Waals surface area contributed by atoms with E-state index in [4.69, 9.17) is 5.84 Å². The van der Waals surface area contributed by atoms with Crippen LogP contribution in [0.3, 0.4) is 0 Å². The van der Waals surface area contributed by atoms with E-state index in [0.29, 0.717) is 0 Å². The predicted octanol–water partition coefficient (Wildman–Crippen LogP) is 1.92. The first-order chi connectivity index (χ1) is 9.01. The van der Waals surface area contributed by atoms with Crippen LogP contribution in [-0.2, 0) is 6.54 Å². The van der Waals surface area contributed by atoms with Crippen molar-refractivity contribution in [3.63, 3.8) is 0 Å². The molecule has 0 aliphatic heterocycles. The molecule has 0 aromatic carbocycles. The van der Waals surface area contributed by atoms with Crippen LogP contribution < -0.4 is 11.3 Å². The van der Waals surface area contributed by atoms with Crippen molar-refractivity contribution in [3.8, 4) is 0 Å². The minimum Gasteiger partial charge on any atom is -0.297 e. The van der Waals surface area contributed by atoms with E-state index >= 15 is 0 Å². The molecule has 19 heavy (non-hydrogen) atoms. The highest BCUT2D eigenvalue weighted by molar-refractivity contribution is 5.16. The first-order valence-corrected chi connectivity index (χ1v) is 7.24. The lowest BCUT2D eigenvalue weighted by Gasteiger charge is -2.42. The van der Waals surface area contributed by atoms with Gasteiger partial charge in [0.2, 0.25) is 0 Å². The molecule has 1 rings (SSSR count). The summed E-state index contributed by atoms with van der Waals surface area (Å²) in [6.45, 7) is 13.9. The first kappa shape index (κ1) is 16.1. The van der Waals surface area contributed by atoms with Crippen LogP contribution in [-0.4, -0.2) is 33.3 Å². The highest BCUT2D eigenvalue weighted by atomic mass is 15.3. The third kappa shape index (κ3) is 3.55. The molecule has 110 valence electrons. The van der Waals surface area contributed by atoms with Crippen LogP contribution >= 0.6 is 0 Å². The maximum absolute atomic E-state index is 5.81. The van der Waals surface area contributed by atoms with E-state index in [0.717, 1.165) is 31.6 Å². The zero-order valence-corrected chi connectivity index (χ0v) is 13.0. The summed E-state index contributed by atoms with van der Waals surface area (Å²) in [5, 5.41) is 4.40. The van der Waals surface area contributed by atoms with Gasteiger partial charge in [-0.25, -0.2) is 0 Å². The van der Waals surface area contributed by atoms with Crippen LogP contribution in [0.2, 0.25) is 0 Å². The van der Waals surface area contributed by atoms with E-state index in [2.05, 4.69) is 56.2 Å². The molecule has 0 saturated heterocycles. The van der Waals surface area contributed by atoms with Gasteiger partial charge in [-0.3, -0.25) is 20.9 Å². The van der Waals surface area contributed by atoms with Gasteiger partial charge in [-0.2, -0.15) is 5.10 Å². The van der Waals surface area contributed by atoms with Crippen molar-refractivity contribution < 1.29 is 0 Å². The molecule has 0 aliphatic carbocycles. The highest BCUT2D eigenvalue weighted by Crippen LogP contribution is 2.30. The molecule has 0 fully saturated rings. The minimum absolute atomic E-state index is 0.0572. The molecule has 0 bridgehead atoms. The zero-order valence-electron chi connectivity index (χ0n) is 13.0. The number of nitrogens with zero attached hydrogens (tertiary/aromatic N) is 3. The molecule has 1 aromatic heterocycles.